The number of rotatable bonds is 9. The lowest BCUT2D eigenvalue weighted by Gasteiger charge is -2.18. The second kappa shape index (κ2) is 12.4. The van der Waals surface area contributed by atoms with Crippen LogP contribution in [0.1, 0.15) is 81.5 Å². The third-order valence-corrected chi connectivity index (χ3v) is 7.46. The fraction of sp³-hybridized carbons (Fsp3) is 0.484. The normalized spacial score (nSPS) is 16.3. The Kier molecular flexibility index (Phi) is 9.56. The van der Waals surface area contributed by atoms with E-state index in [1.165, 1.54) is 24.5 Å². The first-order valence-corrected chi connectivity index (χ1v) is 13.6. The summed E-state index contributed by atoms with van der Waals surface area (Å²) in [5, 5.41) is 4.77. The van der Waals surface area contributed by atoms with E-state index in [0.717, 1.165) is 41.9 Å². The van der Waals surface area contributed by atoms with Gasteiger partial charge in [0.15, 0.2) is 11.6 Å². The number of nitrogens with two attached hydrogens (primary N) is 1. The molecule has 0 saturated heterocycles. The smallest absolute Gasteiger partial charge is 0.162 e. The van der Waals surface area contributed by atoms with Crippen molar-refractivity contribution in [2.45, 2.75) is 79.6 Å². The van der Waals surface area contributed by atoms with Crippen LogP contribution in [0.5, 0.6) is 0 Å². The summed E-state index contributed by atoms with van der Waals surface area (Å²) < 4.78 is 31.3. The Bertz CT molecular complexity index is 1220. The van der Waals surface area contributed by atoms with Crippen molar-refractivity contribution in [1.29, 1.82) is 0 Å². The largest absolute Gasteiger partial charge is 0.403 e. The highest BCUT2D eigenvalue weighted by Crippen LogP contribution is 2.48. The van der Waals surface area contributed by atoms with Crippen molar-refractivity contribution in [3.8, 4) is 0 Å². The van der Waals surface area contributed by atoms with Crippen LogP contribution in [0.25, 0.3) is 5.57 Å². The van der Waals surface area contributed by atoms with E-state index in [9.17, 15) is 4.39 Å². The van der Waals surface area contributed by atoms with Crippen molar-refractivity contribution in [3.05, 3.63) is 87.8 Å². The van der Waals surface area contributed by atoms with E-state index in [1.54, 1.807) is 12.3 Å². The van der Waals surface area contributed by atoms with Crippen LogP contribution in [-0.2, 0) is 26.3 Å². The van der Waals surface area contributed by atoms with E-state index >= 15 is 4.39 Å². The van der Waals surface area contributed by atoms with Gasteiger partial charge in [-0.15, -0.1) is 0 Å². The van der Waals surface area contributed by atoms with Gasteiger partial charge in [-0.2, -0.15) is 5.10 Å². The van der Waals surface area contributed by atoms with Crippen molar-refractivity contribution in [3.63, 3.8) is 0 Å². The van der Waals surface area contributed by atoms with E-state index in [2.05, 4.69) is 19.6 Å². The first kappa shape index (κ1) is 28.5. The predicted molar refractivity (Wildman–Crippen MR) is 149 cm³/mol. The number of benzene rings is 1. The lowest BCUT2D eigenvalue weighted by Crippen LogP contribution is -2.16. The molecule has 2 heterocycles. The molecule has 0 radical (unpaired) electrons. The molecule has 2 aromatic rings. The van der Waals surface area contributed by atoms with Crippen LogP contribution in [-0.4, -0.2) is 21.2 Å². The molecule has 6 heteroatoms. The summed E-state index contributed by atoms with van der Waals surface area (Å²) in [5.74, 6) is -1.58. The summed E-state index contributed by atoms with van der Waals surface area (Å²) in [6, 6.07) is 2.87. The maximum absolute atomic E-state index is 15.0. The number of hydrogen-bond acceptors (Lipinski definition) is 3. The third-order valence-electron chi connectivity index (χ3n) is 7.46. The molecule has 0 amide bonds. The Hall–Kier alpha value is -3.11. The molecule has 4 rings (SSSR count). The SMILES string of the molecule is CC.CC/C(=C/N)N1C=C=C(c2ccc(F)c(F)c2CCCc2c(CC3(C)CC3)nn(C)c2C)C=CC1. The summed E-state index contributed by atoms with van der Waals surface area (Å²) in [4.78, 5) is 2.01. The first-order valence-electron chi connectivity index (χ1n) is 13.6. The van der Waals surface area contributed by atoms with Crippen LogP contribution in [0.15, 0.2) is 48.1 Å². The lowest BCUT2D eigenvalue weighted by atomic mass is 9.93. The topological polar surface area (TPSA) is 47.1 Å². The quantitative estimate of drug-likeness (QED) is 0.367. The van der Waals surface area contributed by atoms with E-state index in [4.69, 9.17) is 10.8 Å². The van der Waals surface area contributed by atoms with Gasteiger partial charge < -0.3 is 10.6 Å². The minimum atomic E-state index is -0.813. The molecule has 1 saturated carbocycles. The number of aryl methyl sites for hydroxylation is 1. The predicted octanol–water partition coefficient (Wildman–Crippen LogP) is 7.13. The summed E-state index contributed by atoms with van der Waals surface area (Å²) in [5.41, 5.74) is 15.8. The Morgan fingerprint density at radius 2 is 1.89 bits per heavy atom. The number of aromatic nitrogens is 2. The van der Waals surface area contributed by atoms with Crippen molar-refractivity contribution in [2.24, 2.45) is 18.2 Å². The molecule has 1 fully saturated rings. The van der Waals surface area contributed by atoms with Gasteiger partial charge in [0.2, 0.25) is 0 Å². The molecular formula is C31H42F2N4. The van der Waals surface area contributed by atoms with Gasteiger partial charge in [-0.25, -0.2) is 8.78 Å². The standard InChI is InChI=1S/C29H36F2N4.C2H6/c1-5-22(19-32)35-16-7-8-21(13-17-35)24-11-12-26(30)28(31)25(24)10-6-9-23-20(2)34(4)33-27(23)18-29(3)14-15-29;1-2/h7-8,11-12,17,19H,5-6,9-10,14-16,18,32H2,1-4H3;1-2H3/b22-19-;. The van der Waals surface area contributed by atoms with Crippen LogP contribution < -0.4 is 5.73 Å². The van der Waals surface area contributed by atoms with Gasteiger partial charge in [-0.3, -0.25) is 4.68 Å². The average molecular weight is 509 g/mol. The monoisotopic (exact) mass is 508 g/mol. The van der Waals surface area contributed by atoms with Crippen LogP contribution in [0.4, 0.5) is 8.78 Å². The third kappa shape index (κ3) is 6.61. The molecule has 0 atom stereocenters. The Balaban J connectivity index is 0.00000186. The summed E-state index contributed by atoms with van der Waals surface area (Å²) >= 11 is 0. The maximum atomic E-state index is 15.0. The molecule has 1 aromatic carbocycles. The summed E-state index contributed by atoms with van der Waals surface area (Å²) in [6.07, 6.45) is 13.6. The molecular weight excluding hydrogens is 466 g/mol. The van der Waals surface area contributed by atoms with Gasteiger partial charge in [0.25, 0.3) is 0 Å². The van der Waals surface area contributed by atoms with Gasteiger partial charge in [-0.1, -0.05) is 45.6 Å². The van der Waals surface area contributed by atoms with E-state index in [1.807, 2.05) is 55.8 Å². The van der Waals surface area contributed by atoms with Gasteiger partial charge >= 0.3 is 0 Å². The minimum absolute atomic E-state index is 0.368. The van der Waals surface area contributed by atoms with E-state index in [-0.39, 0.29) is 0 Å². The average Bonchev–Trinajstić information content (AvgIpc) is 3.62. The second-order valence-electron chi connectivity index (χ2n) is 10.1. The van der Waals surface area contributed by atoms with Crippen LogP contribution in [0.3, 0.4) is 0 Å². The Morgan fingerprint density at radius 1 is 1.19 bits per heavy atom. The highest BCUT2D eigenvalue weighted by atomic mass is 19.2. The number of hydrogen-bond donors (Lipinski definition) is 1. The van der Waals surface area contributed by atoms with E-state index < -0.39 is 11.6 Å². The summed E-state index contributed by atoms with van der Waals surface area (Å²) in [6.45, 7) is 11.1. The molecule has 1 aliphatic carbocycles. The molecule has 37 heavy (non-hydrogen) atoms. The molecule has 0 unspecified atom stereocenters. The van der Waals surface area contributed by atoms with Crippen LogP contribution in [0, 0.1) is 24.0 Å². The number of nitrogens with zero attached hydrogens (tertiary/aromatic N) is 3. The molecule has 200 valence electrons. The molecule has 1 aromatic heterocycles. The van der Waals surface area contributed by atoms with Crippen molar-refractivity contribution < 1.29 is 8.78 Å². The molecule has 0 spiro atoms. The van der Waals surface area contributed by atoms with Gasteiger partial charge in [0.1, 0.15) is 0 Å². The molecule has 0 bridgehead atoms. The number of allylic oxidation sites excluding steroid dienone is 3. The zero-order valence-electron chi connectivity index (χ0n) is 23.3. The van der Waals surface area contributed by atoms with Crippen molar-refractivity contribution >= 4 is 5.57 Å². The fourth-order valence-electron chi connectivity index (χ4n) is 4.83. The van der Waals surface area contributed by atoms with Crippen LogP contribution >= 0.6 is 0 Å². The van der Waals surface area contributed by atoms with Crippen LogP contribution in [0.2, 0.25) is 0 Å². The summed E-state index contributed by atoms with van der Waals surface area (Å²) in [7, 11) is 1.98. The molecule has 2 N–H and O–H groups in total. The fourth-order valence-corrected chi connectivity index (χ4v) is 4.83. The maximum Gasteiger partial charge on any atom is 0.162 e. The van der Waals surface area contributed by atoms with Gasteiger partial charge in [0.05, 0.1) is 5.69 Å². The van der Waals surface area contributed by atoms with Crippen molar-refractivity contribution in [2.75, 3.05) is 6.54 Å². The molecule has 1 aliphatic heterocycles. The zero-order chi connectivity index (χ0) is 27.2. The van der Waals surface area contributed by atoms with Gasteiger partial charge in [-0.05, 0) is 86.1 Å². The highest BCUT2D eigenvalue weighted by molar-refractivity contribution is 5.76. The lowest BCUT2D eigenvalue weighted by molar-refractivity contribution is 0.496. The Labute approximate surface area is 221 Å². The zero-order valence-corrected chi connectivity index (χ0v) is 23.3. The minimum Gasteiger partial charge on any atom is -0.403 e. The second-order valence-corrected chi connectivity index (χ2v) is 10.1. The molecule has 2 aliphatic rings. The Morgan fingerprint density at radius 3 is 2.54 bits per heavy atom. The number of halogens is 2. The van der Waals surface area contributed by atoms with E-state index in [0.29, 0.717) is 35.9 Å². The van der Waals surface area contributed by atoms with Crippen molar-refractivity contribution in [1.82, 2.24) is 14.7 Å². The molecule has 4 nitrogen and oxygen atoms in total. The highest BCUT2D eigenvalue weighted by Gasteiger charge is 2.38. The van der Waals surface area contributed by atoms with Gasteiger partial charge in [0, 0.05) is 43.0 Å². The first-order chi connectivity index (χ1) is 17.8.